The van der Waals surface area contributed by atoms with Crippen LogP contribution in [0.5, 0.6) is 0 Å². The molecule has 1 saturated heterocycles. The van der Waals surface area contributed by atoms with Gasteiger partial charge in [-0.1, -0.05) is 18.7 Å². The summed E-state index contributed by atoms with van der Waals surface area (Å²) in [5.41, 5.74) is 6.14. The summed E-state index contributed by atoms with van der Waals surface area (Å²) in [5.74, 6) is 0. The maximum absolute atomic E-state index is 4.55. The molecule has 0 unspecified atom stereocenters. The molecule has 0 spiro atoms. The summed E-state index contributed by atoms with van der Waals surface area (Å²) in [5, 5.41) is 10.7. The molecule has 156 valence electrons. The highest BCUT2D eigenvalue weighted by molar-refractivity contribution is 5.96. The third-order valence-electron chi connectivity index (χ3n) is 5.96. The van der Waals surface area contributed by atoms with E-state index in [9.17, 15) is 0 Å². The number of hydrogen-bond acceptors (Lipinski definition) is 4. The van der Waals surface area contributed by atoms with Crippen molar-refractivity contribution in [2.75, 3.05) is 18.0 Å². The van der Waals surface area contributed by atoms with Crippen LogP contribution in [0, 0.1) is 0 Å². The Labute approximate surface area is 181 Å². The highest BCUT2D eigenvalue weighted by Gasteiger charge is 2.16. The van der Waals surface area contributed by atoms with E-state index in [1.165, 1.54) is 30.3 Å². The second-order valence-corrected chi connectivity index (χ2v) is 8.04. The zero-order valence-electron chi connectivity index (χ0n) is 17.7. The Morgan fingerprint density at radius 2 is 2.03 bits per heavy atom. The Morgan fingerprint density at radius 3 is 2.84 bits per heavy atom. The van der Waals surface area contributed by atoms with Crippen LogP contribution in [0.25, 0.3) is 40.5 Å². The minimum absolute atomic E-state index is 0.845. The minimum Gasteiger partial charge on any atom is -0.371 e. The van der Waals surface area contributed by atoms with Gasteiger partial charge >= 0.3 is 0 Å². The first-order valence-electron chi connectivity index (χ1n) is 10.8. The zero-order chi connectivity index (χ0) is 21.2. The zero-order valence-corrected chi connectivity index (χ0v) is 17.7. The highest BCUT2D eigenvalue weighted by atomic mass is 15.1. The first-order chi connectivity index (χ1) is 15.2. The van der Waals surface area contributed by atoms with E-state index in [1.807, 2.05) is 19.1 Å². The molecule has 2 N–H and O–H groups in total. The Hall–Kier alpha value is -3.67. The molecule has 0 aliphatic carbocycles. The van der Waals surface area contributed by atoms with Gasteiger partial charge in [0.1, 0.15) is 5.69 Å². The fourth-order valence-corrected chi connectivity index (χ4v) is 4.21. The van der Waals surface area contributed by atoms with Gasteiger partial charge in [-0.05, 0) is 56.0 Å². The first kappa shape index (κ1) is 19.3. The maximum atomic E-state index is 4.55. The lowest BCUT2D eigenvalue weighted by Gasteiger charge is -2.29. The summed E-state index contributed by atoms with van der Waals surface area (Å²) in [6.45, 7) is 8.54. The molecule has 0 radical (unpaired) electrons. The Balaban J connectivity index is 1.50. The predicted octanol–water partition coefficient (Wildman–Crippen LogP) is 3.63. The van der Waals surface area contributed by atoms with Crippen molar-refractivity contribution in [1.29, 1.82) is 0 Å². The molecule has 31 heavy (non-hydrogen) atoms. The van der Waals surface area contributed by atoms with E-state index >= 15 is 0 Å². The Morgan fingerprint density at radius 1 is 1.16 bits per heavy atom. The predicted molar refractivity (Wildman–Crippen MR) is 127 cm³/mol. The highest BCUT2D eigenvalue weighted by Crippen LogP contribution is 2.31. The van der Waals surface area contributed by atoms with Crippen molar-refractivity contribution in [1.82, 2.24) is 25.1 Å². The van der Waals surface area contributed by atoms with Crippen LogP contribution in [0.2, 0.25) is 0 Å². The topological polar surface area (TPSA) is 73.5 Å². The van der Waals surface area contributed by atoms with E-state index < -0.39 is 0 Å². The number of anilines is 1. The maximum Gasteiger partial charge on any atom is 0.116 e. The molecule has 1 aliphatic heterocycles. The molecule has 3 aromatic heterocycles. The van der Waals surface area contributed by atoms with E-state index in [1.54, 1.807) is 18.6 Å². The number of nitrogens with zero attached hydrogens (tertiary/aromatic N) is 4. The summed E-state index contributed by atoms with van der Waals surface area (Å²) in [7, 11) is 0. The number of nitrogens with one attached hydrogen (secondary N) is 2. The molecule has 0 atom stereocenters. The van der Waals surface area contributed by atoms with Crippen molar-refractivity contribution in [3.8, 4) is 11.4 Å². The fraction of sp³-hybridized carbons (Fsp3) is 0.240. The summed E-state index contributed by atoms with van der Waals surface area (Å²) < 4.78 is 0. The quantitative estimate of drug-likeness (QED) is 0.539. The molecule has 4 heterocycles. The molecule has 1 aliphatic rings. The molecule has 0 amide bonds. The standard InChI is InChI=1S/C25H26N6/c1-17(23-16-26-11-12-27-23)9-10-20-18(2)25(30-29-20)22-15-19-21(28-22)7-6-8-24(19)31-13-4-3-5-14-31/h6-12,15-16,28-29H,2-5,13-14H2,1H3/b17-9+,20-10+. The third kappa shape index (κ3) is 3.77. The van der Waals surface area contributed by atoms with Gasteiger partial charge < -0.3 is 9.88 Å². The fourth-order valence-electron chi connectivity index (χ4n) is 4.21. The van der Waals surface area contributed by atoms with Crippen molar-refractivity contribution in [3.63, 3.8) is 0 Å². The molecule has 6 nitrogen and oxygen atoms in total. The van der Waals surface area contributed by atoms with Gasteiger partial charge in [-0.15, -0.1) is 0 Å². The largest absolute Gasteiger partial charge is 0.371 e. The first-order valence-corrected chi connectivity index (χ1v) is 10.8. The van der Waals surface area contributed by atoms with E-state index in [-0.39, 0.29) is 0 Å². The van der Waals surface area contributed by atoms with Gasteiger partial charge in [0, 0.05) is 47.3 Å². The van der Waals surface area contributed by atoms with Gasteiger partial charge in [0.05, 0.1) is 22.9 Å². The van der Waals surface area contributed by atoms with Crippen LogP contribution in [-0.2, 0) is 0 Å². The minimum atomic E-state index is 0.845. The Bertz CT molecular complexity index is 1340. The number of fused-ring (bicyclic) bond motifs is 1. The average molecular weight is 411 g/mol. The number of aromatic amines is 2. The van der Waals surface area contributed by atoms with Crippen molar-refractivity contribution in [2.45, 2.75) is 26.2 Å². The number of H-pyrrole nitrogens is 2. The van der Waals surface area contributed by atoms with E-state index in [2.05, 4.69) is 60.9 Å². The van der Waals surface area contributed by atoms with Crippen LogP contribution in [-0.4, -0.2) is 38.2 Å². The van der Waals surface area contributed by atoms with Gasteiger partial charge in [-0.2, -0.15) is 5.10 Å². The summed E-state index contributed by atoms with van der Waals surface area (Å²) in [6, 6.07) is 8.68. The van der Waals surface area contributed by atoms with Crippen LogP contribution in [0.1, 0.15) is 31.9 Å². The van der Waals surface area contributed by atoms with Crippen molar-refractivity contribution in [3.05, 3.63) is 65.2 Å². The lowest BCUT2D eigenvalue weighted by molar-refractivity contribution is 0.579. The number of allylic oxidation sites excluding steroid dienone is 2. The van der Waals surface area contributed by atoms with Gasteiger partial charge in [0.2, 0.25) is 0 Å². The summed E-state index contributed by atoms with van der Waals surface area (Å²) in [4.78, 5) is 14.5. The SMILES string of the molecule is C=c1c(-c2cc3c(N4CCCCC4)cccc3[nH]2)n[nH]/c1=C/C=C(\C)c1cnccn1. The number of rotatable bonds is 4. The van der Waals surface area contributed by atoms with Crippen molar-refractivity contribution < 1.29 is 0 Å². The molecule has 4 aromatic rings. The van der Waals surface area contributed by atoms with Crippen molar-refractivity contribution in [2.24, 2.45) is 0 Å². The van der Waals surface area contributed by atoms with Crippen LogP contribution >= 0.6 is 0 Å². The molecule has 5 rings (SSSR count). The molecular formula is C25H26N6. The van der Waals surface area contributed by atoms with Crippen LogP contribution in [0.3, 0.4) is 0 Å². The average Bonchev–Trinajstić information content (AvgIpc) is 3.41. The van der Waals surface area contributed by atoms with E-state index in [0.29, 0.717) is 0 Å². The van der Waals surface area contributed by atoms with Gasteiger partial charge in [0.15, 0.2) is 0 Å². The number of hydrogen-bond donors (Lipinski definition) is 2. The number of piperidine rings is 1. The molecule has 0 saturated carbocycles. The van der Waals surface area contributed by atoms with Crippen LogP contribution in [0.4, 0.5) is 5.69 Å². The number of aromatic nitrogens is 5. The molecule has 1 fully saturated rings. The number of benzene rings is 1. The van der Waals surface area contributed by atoms with Crippen LogP contribution < -0.4 is 15.5 Å². The van der Waals surface area contributed by atoms with E-state index in [4.69, 9.17) is 0 Å². The lowest BCUT2D eigenvalue weighted by Crippen LogP contribution is -2.29. The smallest absolute Gasteiger partial charge is 0.116 e. The van der Waals surface area contributed by atoms with E-state index in [0.717, 1.165) is 51.8 Å². The molecular weight excluding hydrogens is 384 g/mol. The molecule has 0 bridgehead atoms. The normalized spacial score (nSPS) is 15.7. The van der Waals surface area contributed by atoms with Gasteiger partial charge in [-0.3, -0.25) is 15.1 Å². The second kappa shape index (κ2) is 8.22. The lowest BCUT2D eigenvalue weighted by atomic mass is 10.1. The monoisotopic (exact) mass is 410 g/mol. The van der Waals surface area contributed by atoms with Crippen molar-refractivity contribution >= 4 is 34.8 Å². The third-order valence-corrected chi connectivity index (χ3v) is 5.96. The van der Waals surface area contributed by atoms with Crippen LogP contribution in [0.15, 0.2) is 48.9 Å². The summed E-state index contributed by atoms with van der Waals surface area (Å²) >= 11 is 0. The Kier molecular flexibility index (Phi) is 5.12. The molecule has 6 heteroatoms. The molecule has 1 aromatic carbocycles. The summed E-state index contributed by atoms with van der Waals surface area (Å²) in [6.07, 6.45) is 13.0. The van der Waals surface area contributed by atoms with Gasteiger partial charge in [-0.25, -0.2) is 0 Å². The second-order valence-electron chi connectivity index (χ2n) is 8.04. The van der Waals surface area contributed by atoms with Gasteiger partial charge in [0.25, 0.3) is 0 Å².